The lowest BCUT2D eigenvalue weighted by atomic mass is 9.86. The Hall–Kier alpha value is -0.120. The number of hydrogen-bond acceptors (Lipinski definition) is 3. The van der Waals surface area contributed by atoms with Crippen molar-refractivity contribution in [2.24, 2.45) is 5.41 Å². The van der Waals surface area contributed by atoms with Gasteiger partial charge in [0.05, 0.1) is 13.2 Å². The van der Waals surface area contributed by atoms with Crippen LogP contribution in [0.1, 0.15) is 34.1 Å². The van der Waals surface area contributed by atoms with Crippen molar-refractivity contribution in [2.45, 2.75) is 39.7 Å². The van der Waals surface area contributed by atoms with Crippen molar-refractivity contribution in [3.05, 3.63) is 0 Å². The van der Waals surface area contributed by atoms with E-state index in [4.69, 9.17) is 4.74 Å². The minimum atomic E-state index is 0.0224. The molecule has 1 unspecified atom stereocenters. The van der Waals surface area contributed by atoms with E-state index in [2.05, 4.69) is 32.6 Å². The van der Waals surface area contributed by atoms with E-state index in [0.29, 0.717) is 0 Å². The molecule has 3 heteroatoms. The third-order valence-corrected chi connectivity index (χ3v) is 3.62. The number of aliphatic hydroxyl groups excluding tert-OH is 1. The Morgan fingerprint density at radius 1 is 1.47 bits per heavy atom. The van der Waals surface area contributed by atoms with Crippen molar-refractivity contribution in [2.75, 3.05) is 32.9 Å². The molecule has 0 aromatic heterocycles. The van der Waals surface area contributed by atoms with Crippen molar-refractivity contribution in [1.82, 2.24) is 4.90 Å². The Kier molecular flexibility index (Phi) is 4.15. The summed E-state index contributed by atoms with van der Waals surface area (Å²) >= 11 is 0. The summed E-state index contributed by atoms with van der Waals surface area (Å²) in [5.41, 5.74) is 0.123. The third kappa shape index (κ3) is 3.16. The lowest BCUT2D eigenvalue weighted by Gasteiger charge is -2.46. The van der Waals surface area contributed by atoms with Crippen LogP contribution in [0, 0.1) is 5.41 Å². The molecule has 1 heterocycles. The van der Waals surface area contributed by atoms with Gasteiger partial charge in [0.2, 0.25) is 0 Å². The predicted octanol–water partition coefficient (Wildman–Crippen LogP) is 1.51. The zero-order valence-electron chi connectivity index (χ0n) is 10.5. The molecular weight excluding hydrogens is 190 g/mol. The number of aliphatic hydroxyl groups is 1. The van der Waals surface area contributed by atoms with Crippen LogP contribution in [0.15, 0.2) is 0 Å². The molecule has 1 rings (SSSR count). The fourth-order valence-electron chi connectivity index (χ4n) is 1.92. The third-order valence-electron chi connectivity index (χ3n) is 3.62. The molecule has 0 bridgehead atoms. The molecule has 0 radical (unpaired) electrons. The van der Waals surface area contributed by atoms with Gasteiger partial charge in [-0.3, -0.25) is 4.90 Å². The molecule has 1 atom stereocenters. The number of ether oxygens (including phenoxy) is 1. The maximum absolute atomic E-state index is 9.43. The summed E-state index contributed by atoms with van der Waals surface area (Å²) in [7, 11) is 0. The van der Waals surface area contributed by atoms with Crippen molar-refractivity contribution in [3.8, 4) is 0 Å². The van der Waals surface area contributed by atoms with Crippen LogP contribution < -0.4 is 0 Å². The molecule has 1 fully saturated rings. The van der Waals surface area contributed by atoms with Crippen molar-refractivity contribution < 1.29 is 9.84 Å². The highest BCUT2D eigenvalue weighted by Gasteiger charge is 2.35. The van der Waals surface area contributed by atoms with Crippen molar-refractivity contribution in [3.63, 3.8) is 0 Å². The van der Waals surface area contributed by atoms with E-state index in [1.165, 1.54) is 0 Å². The van der Waals surface area contributed by atoms with Crippen LogP contribution in [0.4, 0.5) is 0 Å². The van der Waals surface area contributed by atoms with Crippen LogP contribution >= 0.6 is 0 Å². The standard InChI is InChI=1S/C12H25NO2/c1-5-12(4,9-14)8-13-6-7-15-10-11(13,2)3/h14H,5-10H2,1-4H3. The summed E-state index contributed by atoms with van der Waals surface area (Å²) < 4.78 is 5.49. The molecule has 0 aromatic rings. The molecule has 0 spiro atoms. The first kappa shape index (κ1) is 12.9. The molecule has 0 amide bonds. The number of nitrogens with zero attached hydrogens (tertiary/aromatic N) is 1. The second-order valence-corrected chi connectivity index (χ2v) is 5.61. The predicted molar refractivity (Wildman–Crippen MR) is 62.0 cm³/mol. The van der Waals surface area contributed by atoms with E-state index < -0.39 is 0 Å². The molecule has 15 heavy (non-hydrogen) atoms. The van der Waals surface area contributed by atoms with Crippen LogP contribution in [0.2, 0.25) is 0 Å². The van der Waals surface area contributed by atoms with E-state index in [1.807, 2.05) is 0 Å². The monoisotopic (exact) mass is 215 g/mol. The van der Waals surface area contributed by atoms with E-state index in [9.17, 15) is 5.11 Å². The highest BCUT2D eigenvalue weighted by molar-refractivity contribution is 4.88. The molecule has 0 aromatic carbocycles. The first-order valence-electron chi connectivity index (χ1n) is 5.87. The van der Waals surface area contributed by atoms with E-state index >= 15 is 0 Å². The summed E-state index contributed by atoms with van der Waals surface area (Å²) in [6, 6.07) is 0. The van der Waals surface area contributed by atoms with Crippen LogP contribution in [-0.2, 0) is 4.74 Å². The lowest BCUT2D eigenvalue weighted by molar-refractivity contribution is -0.0727. The van der Waals surface area contributed by atoms with E-state index in [0.717, 1.165) is 32.7 Å². The van der Waals surface area contributed by atoms with Gasteiger partial charge in [-0.25, -0.2) is 0 Å². The quantitative estimate of drug-likeness (QED) is 0.771. The zero-order chi connectivity index (χ0) is 11.5. The smallest absolute Gasteiger partial charge is 0.0645 e. The van der Waals surface area contributed by atoms with E-state index in [1.54, 1.807) is 0 Å². The minimum Gasteiger partial charge on any atom is -0.396 e. The summed E-state index contributed by atoms with van der Waals surface area (Å²) in [5, 5.41) is 9.43. The van der Waals surface area contributed by atoms with Gasteiger partial charge in [-0.15, -0.1) is 0 Å². The molecule has 0 saturated carbocycles. The second kappa shape index (κ2) is 4.81. The molecule has 0 aliphatic carbocycles. The molecule has 1 saturated heterocycles. The Morgan fingerprint density at radius 2 is 2.13 bits per heavy atom. The maximum Gasteiger partial charge on any atom is 0.0645 e. The van der Waals surface area contributed by atoms with Crippen molar-refractivity contribution in [1.29, 1.82) is 0 Å². The van der Waals surface area contributed by atoms with Crippen LogP contribution in [-0.4, -0.2) is 48.5 Å². The minimum absolute atomic E-state index is 0.0224. The Balaban J connectivity index is 2.62. The lowest BCUT2D eigenvalue weighted by Crippen LogP contribution is -2.56. The Labute approximate surface area is 93.4 Å². The van der Waals surface area contributed by atoms with Crippen LogP contribution in [0.3, 0.4) is 0 Å². The van der Waals surface area contributed by atoms with Crippen LogP contribution in [0.5, 0.6) is 0 Å². The zero-order valence-corrected chi connectivity index (χ0v) is 10.5. The van der Waals surface area contributed by atoms with Gasteiger partial charge in [-0.2, -0.15) is 0 Å². The Morgan fingerprint density at radius 3 is 2.60 bits per heavy atom. The average molecular weight is 215 g/mol. The average Bonchev–Trinajstić information content (AvgIpc) is 2.21. The molecular formula is C12H25NO2. The number of hydrogen-bond donors (Lipinski definition) is 1. The maximum atomic E-state index is 9.43. The summed E-state index contributed by atoms with van der Waals surface area (Å²) in [6.45, 7) is 12.5. The van der Waals surface area contributed by atoms with Gasteiger partial charge in [0, 0.05) is 30.7 Å². The second-order valence-electron chi connectivity index (χ2n) is 5.61. The summed E-state index contributed by atoms with van der Waals surface area (Å²) in [4.78, 5) is 2.44. The first-order valence-corrected chi connectivity index (χ1v) is 5.87. The van der Waals surface area contributed by atoms with Gasteiger partial charge in [-0.05, 0) is 20.3 Å². The molecule has 3 nitrogen and oxygen atoms in total. The number of rotatable bonds is 4. The van der Waals surface area contributed by atoms with Gasteiger partial charge in [-0.1, -0.05) is 13.8 Å². The van der Waals surface area contributed by atoms with Gasteiger partial charge in [0.25, 0.3) is 0 Å². The summed E-state index contributed by atoms with van der Waals surface area (Å²) in [5.74, 6) is 0. The topological polar surface area (TPSA) is 32.7 Å². The molecule has 90 valence electrons. The fraction of sp³-hybridized carbons (Fsp3) is 1.00. The van der Waals surface area contributed by atoms with Crippen molar-refractivity contribution >= 4 is 0 Å². The normalized spacial score (nSPS) is 26.2. The highest BCUT2D eigenvalue weighted by atomic mass is 16.5. The largest absolute Gasteiger partial charge is 0.396 e. The van der Waals surface area contributed by atoms with Gasteiger partial charge < -0.3 is 9.84 Å². The fourth-order valence-corrected chi connectivity index (χ4v) is 1.92. The van der Waals surface area contributed by atoms with Crippen LogP contribution in [0.25, 0.3) is 0 Å². The van der Waals surface area contributed by atoms with Gasteiger partial charge >= 0.3 is 0 Å². The van der Waals surface area contributed by atoms with Gasteiger partial charge in [0.1, 0.15) is 0 Å². The molecule has 1 aliphatic heterocycles. The molecule has 1 aliphatic rings. The SMILES string of the molecule is CCC(C)(CO)CN1CCOCC1(C)C. The van der Waals surface area contributed by atoms with Gasteiger partial charge in [0.15, 0.2) is 0 Å². The highest BCUT2D eigenvalue weighted by Crippen LogP contribution is 2.27. The number of morpholine rings is 1. The summed E-state index contributed by atoms with van der Waals surface area (Å²) in [6.07, 6.45) is 1.01. The molecule has 1 N–H and O–H groups in total. The first-order chi connectivity index (χ1) is 6.93. The van der Waals surface area contributed by atoms with E-state index in [-0.39, 0.29) is 17.6 Å². The Bertz CT molecular complexity index is 200.